The van der Waals surface area contributed by atoms with Crippen molar-refractivity contribution in [3.8, 4) is 11.4 Å². The average molecular weight is 233 g/mol. The number of aromatic nitrogens is 4. The smallest absolute Gasteiger partial charge is 0.375 e. The topological polar surface area (TPSA) is 107 Å². The fraction of sp³-hybridized carbons (Fsp3) is 0.200. The highest BCUT2D eigenvalue weighted by Gasteiger charge is 2.14. The maximum absolute atomic E-state index is 11.4. The van der Waals surface area contributed by atoms with E-state index in [-0.39, 0.29) is 12.4 Å². The van der Waals surface area contributed by atoms with E-state index < -0.39 is 5.97 Å². The Morgan fingerprint density at radius 3 is 3.12 bits per heavy atom. The molecule has 17 heavy (non-hydrogen) atoms. The molecule has 88 valence electrons. The molecule has 2 rings (SSSR count). The maximum Gasteiger partial charge on any atom is 0.375 e. The quantitative estimate of drug-likeness (QED) is 0.753. The number of carbonyl (C=O) groups excluding carboxylic acids is 1. The molecule has 0 atom stereocenters. The van der Waals surface area contributed by atoms with Crippen molar-refractivity contribution < 1.29 is 9.53 Å². The highest BCUT2D eigenvalue weighted by Crippen LogP contribution is 2.20. The Kier molecular flexibility index (Phi) is 2.99. The van der Waals surface area contributed by atoms with E-state index in [0.29, 0.717) is 17.1 Å². The molecule has 0 aromatic carbocycles. The molecule has 0 radical (unpaired) electrons. The van der Waals surface area contributed by atoms with Gasteiger partial charge in [-0.2, -0.15) is 5.10 Å². The fourth-order valence-corrected chi connectivity index (χ4v) is 1.28. The second kappa shape index (κ2) is 4.60. The van der Waals surface area contributed by atoms with E-state index in [4.69, 9.17) is 10.5 Å². The van der Waals surface area contributed by atoms with Gasteiger partial charge in [-0.05, 0) is 13.0 Å². The number of nitrogens with zero attached hydrogens (tertiary/aromatic N) is 3. The highest BCUT2D eigenvalue weighted by atomic mass is 16.5. The summed E-state index contributed by atoms with van der Waals surface area (Å²) < 4.78 is 4.79. The number of hydrogen-bond donors (Lipinski definition) is 2. The van der Waals surface area contributed by atoms with Gasteiger partial charge in [-0.15, -0.1) is 0 Å². The molecule has 0 bridgehead atoms. The van der Waals surface area contributed by atoms with Gasteiger partial charge in [0.05, 0.1) is 18.5 Å². The maximum atomic E-state index is 11.4. The van der Waals surface area contributed by atoms with Crippen LogP contribution in [0.3, 0.4) is 0 Å². The molecule has 0 fully saturated rings. The molecule has 2 heterocycles. The molecular weight excluding hydrogens is 222 g/mol. The minimum atomic E-state index is -0.543. The molecule has 0 aliphatic carbocycles. The third kappa shape index (κ3) is 2.22. The molecule has 2 aromatic rings. The van der Waals surface area contributed by atoms with Crippen molar-refractivity contribution in [2.24, 2.45) is 0 Å². The van der Waals surface area contributed by atoms with E-state index in [1.165, 1.54) is 6.20 Å². The first kappa shape index (κ1) is 11.1. The van der Waals surface area contributed by atoms with Crippen molar-refractivity contribution >= 4 is 11.7 Å². The van der Waals surface area contributed by atoms with Crippen LogP contribution in [-0.4, -0.2) is 32.7 Å². The summed E-state index contributed by atoms with van der Waals surface area (Å²) in [6, 6.07) is 1.67. The summed E-state index contributed by atoms with van der Waals surface area (Å²) in [5.41, 5.74) is 6.79. The summed E-state index contributed by atoms with van der Waals surface area (Å²) in [7, 11) is 0. The number of pyridine rings is 1. The molecule has 0 aliphatic rings. The van der Waals surface area contributed by atoms with Crippen LogP contribution in [0.25, 0.3) is 11.4 Å². The van der Waals surface area contributed by atoms with Crippen LogP contribution in [0, 0.1) is 0 Å². The summed E-state index contributed by atoms with van der Waals surface area (Å²) in [6.07, 6.45) is 3.07. The number of nitrogens with two attached hydrogens (primary N) is 1. The van der Waals surface area contributed by atoms with E-state index in [0.717, 1.165) is 0 Å². The number of esters is 1. The van der Waals surface area contributed by atoms with Gasteiger partial charge in [0.2, 0.25) is 5.82 Å². The van der Waals surface area contributed by atoms with E-state index in [1.807, 2.05) is 0 Å². The normalized spacial score (nSPS) is 10.2. The van der Waals surface area contributed by atoms with Gasteiger partial charge in [0, 0.05) is 11.8 Å². The number of anilines is 1. The Balaban J connectivity index is 2.30. The van der Waals surface area contributed by atoms with E-state index in [9.17, 15) is 4.79 Å². The lowest BCUT2D eigenvalue weighted by Crippen LogP contribution is -2.06. The summed E-state index contributed by atoms with van der Waals surface area (Å²) >= 11 is 0. The number of ether oxygens (including phenoxy) is 1. The van der Waals surface area contributed by atoms with Crippen molar-refractivity contribution in [1.29, 1.82) is 0 Å². The Bertz CT molecular complexity index is 537. The Hall–Kier alpha value is -2.44. The van der Waals surface area contributed by atoms with E-state index in [1.54, 1.807) is 19.2 Å². The molecule has 0 spiro atoms. The van der Waals surface area contributed by atoms with Crippen LogP contribution in [0.2, 0.25) is 0 Å². The zero-order valence-electron chi connectivity index (χ0n) is 9.17. The molecule has 0 amide bonds. The molecule has 7 heteroatoms. The Labute approximate surface area is 97.0 Å². The molecule has 2 aromatic heterocycles. The monoisotopic (exact) mass is 233 g/mol. The highest BCUT2D eigenvalue weighted by molar-refractivity contribution is 5.86. The van der Waals surface area contributed by atoms with Crippen molar-refractivity contribution in [3.05, 3.63) is 24.3 Å². The number of carbonyl (C=O) groups is 1. The Morgan fingerprint density at radius 1 is 1.59 bits per heavy atom. The predicted octanol–water partition coefficient (Wildman–Crippen LogP) is 0.626. The molecule has 7 nitrogen and oxygen atoms in total. The number of rotatable bonds is 3. The second-order valence-electron chi connectivity index (χ2n) is 3.19. The summed E-state index contributed by atoms with van der Waals surface area (Å²) in [5, 5.41) is 6.41. The first-order valence-corrected chi connectivity index (χ1v) is 5.01. The largest absolute Gasteiger partial charge is 0.460 e. The molecule has 3 N–H and O–H groups in total. The molecule has 0 aliphatic heterocycles. The van der Waals surface area contributed by atoms with Crippen molar-refractivity contribution in [2.75, 3.05) is 12.3 Å². The van der Waals surface area contributed by atoms with Crippen molar-refractivity contribution in [1.82, 2.24) is 20.2 Å². The van der Waals surface area contributed by atoms with Crippen LogP contribution in [0.4, 0.5) is 5.69 Å². The summed E-state index contributed by atoms with van der Waals surface area (Å²) in [4.78, 5) is 19.2. The average Bonchev–Trinajstić information content (AvgIpc) is 2.79. The summed E-state index contributed by atoms with van der Waals surface area (Å²) in [6.45, 7) is 2.00. The fourth-order valence-electron chi connectivity index (χ4n) is 1.28. The zero-order valence-corrected chi connectivity index (χ0v) is 9.17. The van der Waals surface area contributed by atoms with Gasteiger partial charge in [0.25, 0.3) is 0 Å². The van der Waals surface area contributed by atoms with Crippen molar-refractivity contribution in [3.63, 3.8) is 0 Å². The lowest BCUT2D eigenvalue weighted by molar-refractivity contribution is 0.0512. The molecular formula is C10H11N5O2. The third-order valence-electron chi connectivity index (χ3n) is 2.05. The van der Waals surface area contributed by atoms with Crippen molar-refractivity contribution in [2.45, 2.75) is 6.92 Å². The van der Waals surface area contributed by atoms with Crippen LogP contribution in [0.5, 0.6) is 0 Å². The van der Waals surface area contributed by atoms with Gasteiger partial charge in [-0.25, -0.2) is 9.78 Å². The van der Waals surface area contributed by atoms with Gasteiger partial charge in [0.1, 0.15) is 0 Å². The van der Waals surface area contributed by atoms with E-state index in [2.05, 4.69) is 20.2 Å². The van der Waals surface area contributed by atoms with Gasteiger partial charge < -0.3 is 10.5 Å². The molecule has 0 unspecified atom stereocenters. The van der Waals surface area contributed by atoms with Crippen LogP contribution >= 0.6 is 0 Å². The standard InChI is InChI=1S/C10H11N5O2/c1-2-17-10(16)9-13-8(14-15-9)6-3-4-12-5-7(6)11/h3-5H,2,11H2,1H3,(H,13,14,15). The lowest BCUT2D eigenvalue weighted by atomic mass is 10.2. The van der Waals surface area contributed by atoms with Gasteiger partial charge in [-0.1, -0.05) is 0 Å². The third-order valence-corrected chi connectivity index (χ3v) is 2.05. The summed E-state index contributed by atoms with van der Waals surface area (Å²) in [5.74, 6) is -0.148. The Morgan fingerprint density at radius 2 is 2.41 bits per heavy atom. The number of aromatic amines is 1. The number of nitrogen functional groups attached to an aromatic ring is 1. The van der Waals surface area contributed by atoms with Crippen LogP contribution < -0.4 is 5.73 Å². The first-order chi connectivity index (χ1) is 8.22. The van der Waals surface area contributed by atoms with E-state index >= 15 is 0 Å². The minimum Gasteiger partial charge on any atom is -0.460 e. The lowest BCUT2D eigenvalue weighted by Gasteiger charge is -1.98. The number of H-pyrrole nitrogens is 1. The van der Waals surface area contributed by atoms with Gasteiger partial charge >= 0.3 is 5.97 Å². The SMILES string of the molecule is CCOC(=O)c1nc(-c2ccncc2N)n[nH]1. The minimum absolute atomic E-state index is 0.0538. The number of hydrogen-bond acceptors (Lipinski definition) is 6. The van der Waals surface area contributed by atoms with Crippen LogP contribution in [-0.2, 0) is 4.74 Å². The molecule has 0 saturated carbocycles. The molecule has 0 saturated heterocycles. The van der Waals surface area contributed by atoms with Crippen LogP contribution in [0.15, 0.2) is 18.5 Å². The van der Waals surface area contributed by atoms with Crippen LogP contribution in [0.1, 0.15) is 17.5 Å². The van der Waals surface area contributed by atoms with Gasteiger partial charge in [-0.3, -0.25) is 10.1 Å². The van der Waals surface area contributed by atoms with Gasteiger partial charge in [0.15, 0.2) is 5.82 Å². The predicted molar refractivity (Wildman–Crippen MR) is 60.0 cm³/mol. The zero-order chi connectivity index (χ0) is 12.3. The first-order valence-electron chi connectivity index (χ1n) is 5.01. The second-order valence-corrected chi connectivity index (χ2v) is 3.19. The number of nitrogens with one attached hydrogen (secondary N) is 1.